The first-order valence-corrected chi connectivity index (χ1v) is 7.33. The summed E-state index contributed by atoms with van der Waals surface area (Å²) in [6.45, 7) is 2.33. The van der Waals surface area contributed by atoms with Gasteiger partial charge in [-0.1, -0.05) is 30.3 Å². The maximum Gasteiger partial charge on any atom is 0.0903 e. The quantitative estimate of drug-likeness (QED) is 0.703. The predicted molar refractivity (Wildman–Crippen MR) is 62.2 cm³/mol. The second-order valence-corrected chi connectivity index (χ2v) is 6.81. The standard InChI is InChI=1S/C12H17OP/c1-14-9-7-12(13,8-10-14)11-5-3-2-4-6-11/h2-6,13H,7-10H2,1H3. The number of hydrogen-bond acceptors (Lipinski definition) is 1. The highest BCUT2D eigenvalue weighted by Gasteiger charge is 2.32. The van der Waals surface area contributed by atoms with Crippen LogP contribution < -0.4 is 0 Å². The lowest BCUT2D eigenvalue weighted by Crippen LogP contribution is -2.31. The Hall–Kier alpha value is -0.390. The van der Waals surface area contributed by atoms with Crippen LogP contribution in [0.25, 0.3) is 0 Å². The van der Waals surface area contributed by atoms with Gasteiger partial charge >= 0.3 is 0 Å². The third-order valence-electron chi connectivity index (χ3n) is 3.13. The van der Waals surface area contributed by atoms with Crippen LogP contribution in [0.5, 0.6) is 0 Å². The Bertz CT molecular complexity index is 288. The van der Waals surface area contributed by atoms with Crippen molar-refractivity contribution in [2.75, 3.05) is 19.0 Å². The molecule has 1 fully saturated rings. The smallest absolute Gasteiger partial charge is 0.0903 e. The highest BCUT2D eigenvalue weighted by Crippen LogP contribution is 2.45. The van der Waals surface area contributed by atoms with Crippen molar-refractivity contribution >= 4 is 7.92 Å². The largest absolute Gasteiger partial charge is 0.385 e. The van der Waals surface area contributed by atoms with Gasteiger partial charge in [-0.2, -0.15) is 0 Å². The molecule has 1 aliphatic rings. The van der Waals surface area contributed by atoms with Crippen molar-refractivity contribution in [2.45, 2.75) is 18.4 Å². The van der Waals surface area contributed by atoms with Crippen LogP contribution in [0.3, 0.4) is 0 Å². The third kappa shape index (κ3) is 1.99. The average molecular weight is 208 g/mol. The Morgan fingerprint density at radius 3 is 2.29 bits per heavy atom. The highest BCUT2D eigenvalue weighted by molar-refractivity contribution is 7.56. The molecule has 0 aromatic heterocycles. The van der Waals surface area contributed by atoms with Gasteiger partial charge in [0.15, 0.2) is 0 Å². The van der Waals surface area contributed by atoms with Crippen LogP contribution in [0, 0.1) is 0 Å². The van der Waals surface area contributed by atoms with Gasteiger partial charge in [0, 0.05) is 0 Å². The molecule has 1 aromatic carbocycles. The predicted octanol–water partition coefficient (Wildman–Crippen LogP) is 2.78. The second-order valence-electron chi connectivity index (χ2n) is 4.20. The molecule has 76 valence electrons. The molecule has 0 bridgehead atoms. The van der Waals surface area contributed by atoms with Crippen molar-refractivity contribution in [1.82, 2.24) is 0 Å². The van der Waals surface area contributed by atoms with Crippen molar-refractivity contribution in [3.63, 3.8) is 0 Å². The lowest BCUT2D eigenvalue weighted by atomic mass is 9.88. The fraction of sp³-hybridized carbons (Fsp3) is 0.500. The summed E-state index contributed by atoms with van der Waals surface area (Å²) in [5.74, 6) is 0. The molecule has 0 unspecified atom stereocenters. The summed E-state index contributed by atoms with van der Waals surface area (Å²) < 4.78 is 0. The Labute approximate surface area is 86.9 Å². The van der Waals surface area contributed by atoms with Crippen LogP contribution >= 0.6 is 7.92 Å². The Morgan fingerprint density at radius 2 is 1.71 bits per heavy atom. The van der Waals surface area contributed by atoms with Gasteiger partial charge in [0.05, 0.1) is 5.60 Å². The van der Waals surface area contributed by atoms with Gasteiger partial charge in [0.1, 0.15) is 0 Å². The lowest BCUT2D eigenvalue weighted by molar-refractivity contribution is 0.0270. The molecule has 0 amide bonds. The van der Waals surface area contributed by atoms with E-state index in [1.54, 1.807) is 0 Å². The molecular formula is C12H17OP. The van der Waals surface area contributed by atoms with Gasteiger partial charge in [-0.05, 0) is 37.4 Å². The van der Waals surface area contributed by atoms with E-state index in [1.807, 2.05) is 30.3 Å². The van der Waals surface area contributed by atoms with Crippen LogP contribution in [0.15, 0.2) is 30.3 Å². The van der Waals surface area contributed by atoms with Crippen molar-refractivity contribution in [2.24, 2.45) is 0 Å². The fourth-order valence-corrected chi connectivity index (χ4v) is 3.75. The van der Waals surface area contributed by atoms with E-state index in [0.29, 0.717) is 0 Å². The zero-order valence-electron chi connectivity index (χ0n) is 8.61. The van der Waals surface area contributed by atoms with Crippen LogP contribution in [-0.2, 0) is 5.60 Å². The lowest BCUT2D eigenvalue weighted by Gasteiger charge is -2.35. The summed E-state index contributed by atoms with van der Waals surface area (Å²) in [6.07, 6.45) is 4.31. The zero-order valence-corrected chi connectivity index (χ0v) is 9.50. The summed E-state index contributed by atoms with van der Waals surface area (Å²) in [5.41, 5.74) is 0.568. The van der Waals surface area contributed by atoms with Crippen molar-refractivity contribution in [1.29, 1.82) is 0 Å². The Morgan fingerprint density at radius 1 is 1.14 bits per heavy atom. The van der Waals surface area contributed by atoms with Crippen LogP contribution in [0.4, 0.5) is 0 Å². The monoisotopic (exact) mass is 208 g/mol. The molecule has 1 N–H and O–H groups in total. The summed E-state index contributed by atoms with van der Waals surface area (Å²) in [7, 11) is 0.200. The van der Waals surface area contributed by atoms with E-state index >= 15 is 0 Å². The Balaban J connectivity index is 2.17. The summed E-state index contributed by atoms with van der Waals surface area (Å²) in [6, 6.07) is 10.1. The summed E-state index contributed by atoms with van der Waals surface area (Å²) in [4.78, 5) is 0. The first-order chi connectivity index (χ1) is 6.71. The van der Waals surface area contributed by atoms with Gasteiger partial charge in [-0.25, -0.2) is 0 Å². The first kappa shape index (κ1) is 10.1. The minimum atomic E-state index is -0.532. The normalized spacial score (nSPS) is 32.9. The van der Waals surface area contributed by atoms with E-state index in [0.717, 1.165) is 18.4 Å². The second kappa shape index (κ2) is 4.00. The van der Waals surface area contributed by atoms with Crippen LogP contribution in [-0.4, -0.2) is 24.1 Å². The van der Waals surface area contributed by atoms with E-state index < -0.39 is 5.60 Å². The molecule has 0 saturated carbocycles. The molecule has 1 heterocycles. The van der Waals surface area contributed by atoms with Crippen molar-refractivity contribution in [3.8, 4) is 0 Å². The van der Waals surface area contributed by atoms with E-state index in [4.69, 9.17) is 0 Å². The van der Waals surface area contributed by atoms with E-state index in [9.17, 15) is 5.11 Å². The molecule has 1 saturated heterocycles. The molecular weight excluding hydrogens is 191 g/mol. The summed E-state index contributed by atoms with van der Waals surface area (Å²) in [5, 5.41) is 10.5. The molecule has 0 atom stereocenters. The minimum absolute atomic E-state index is 0.200. The molecule has 2 heteroatoms. The van der Waals surface area contributed by atoms with Gasteiger partial charge in [0.25, 0.3) is 0 Å². The van der Waals surface area contributed by atoms with Crippen LogP contribution in [0.2, 0.25) is 0 Å². The fourth-order valence-electron chi connectivity index (χ4n) is 2.03. The number of hydrogen-bond donors (Lipinski definition) is 1. The summed E-state index contributed by atoms with van der Waals surface area (Å²) >= 11 is 0. The molecule has 0 spiro atoms. The average Bonchev–Trinajstić information content (AvgIpc) is 2.24. The molecule has 0 radical (unpaired) electrons. The van der Waals surface area contributed by atoms with Crippen LogP contribution in [0.1, 0.15) is 18.4 Å². The molecule has 2 rings (SSSR count). The third-order valence-corrected chi connectivity index (χ3v) is 5.10. The van der Waals surface area contributed by atoms with Crippen molar-refractivity contribution in [3.05, 3.63) is 35.9 Å². The van der Waals surface area contributed by atoms with Gasteiger partial charge in [-0.3, -0.25) is 0 Å². The Kier molecular flexibility index (Phi) is 2.90. The van der Waals surface area contributed by atoms with E-state index in [2.05, 4.69) is 6.66 Å². The molecule has 1 aliphatic heterocycles. The SMILES string of the molecule is CP1CCC(O)(c2ccccc2)CC1. The van der Waals surface area contributed by atoms with Gasteiger partial charge in [0.2, 0.25) is 0 Å². The van der Waals surface area contributed by atoms with Gasteiger partial charge < -0.3 is 5.11 Å². The van der Waals surface area contributed by atoms with E-state index in [-0.39, 0.29) is 7.92 Å². The molecule has 1 aromatic rings. The van der Waals surface area contributed by atoms with Gasteiger partial charge in [-0.15, -0.1) is 7.92 Å². The highest BCUT2D eigenvalue weighted by atomic mass is 31.1. The molecule has 0 aliphatic carbocycles. The minimum Gasteiger partial charge on any atom is -0.385 e. The molecule has 14 heavy (non-hydrogen) atoms. The first-order valence-electron chi connectivity index (χ1n) is 5.17. The number of rotatable bonds is 1. The van der Waals surface area contributed by atoms with Crippen molar-refractivity contribution < 1.29 is 5.11 Å². The molecule has 1 nitrogen and oxygen atoms in total. The number of aliphatic hydroxyl groups is 1. The topological polar surface area (TPSA) is 20.2 Å². The zero-order chi connectivity index (χ0) is 10.0. The van der Waals surface area contributed by atoms with E-state index in [1.165, 1.54) is 12.3 Å². The number of benzene rings is 1. The maximum atomic E-state index is 10.5. The maximum absolute atomic E-state index is 10.5.